The summed E-state index contributed by atoms with van der Waals surface area (Å²) in [6, 6.07) is 13.1. The summed E-state index contributed by atoms with van der Waals surface area (Å²) >= 11 is 1.13. The van der Waals surface area contributed by atoms with Gasteiger partial charge in [-0.3, -0.25) is 9.59 Å². The molecule has 1 heterocycles. The lowest BCUT2D eigenvalue weighted by atomic mass is 10.1. The van der Waals surface area contributed by atoms with Crippen LogP contribution >= 0.6 is 11.8 Å². The third-order valence-corrected chi connectivity index (χ3v) is 4.42. The largest absolute Gasteiger partial charge is 0.455 e. The first-order valence-corrected chi connectivity index (χ1v) is 9.01. The number of para-hydroxylation sites is 2. The Bertz CT molecular complexity index is 919. The lowest BCUT2D eigenvalue weighted by Gasteiger charge is -2.09. The zero-order valence-electron chi connectivity index (χ0n) is 14.4. The van der Waals surface area contributed by atoms with E-state index >= 15 is 0 Å². The van der Waals surface area contributed by atoms with Crippen LogP contribution in [0.4, 0.5) is 5.69 Å². The van der Waals surface area contributed by atoms with Crippen LogP contribution in [0.2, 0.25) is 0 Å². The van der Waals surface area contributed by atoms with Gasteiger partial charge in [0.05, 0.1) is 0 Å². The number of anilines is 1. The minimum atomic E-state index is -0.506. The van der Waals surface area contributed by atoms with Gasteiger partial charge in [-0.15, -0.1) is 0 Å². The number of aromatic nitrogens is 1. The topological polar surface area (TPSA) is 81.4 Å². The van der Waals surface area contributed by atoms with Crippen molar-refractivity contribution in [2.75, 3.05) is 17.7 Å². The van der Waals surface area contributed by atoms with Gasteiger partial charge in [0.15, 0.2) is 12.2 Å². The number of esters is 1. The summed E-state index contributed by atoms with van der Waals surface area (Å²) in [4.78, 5) is 28.0. The number of aryl methyl sites for hydroxylation is 2. The number of nitrogens with zero attached hydrogens (tertiary/aromatic N) is 1. The molecule has 6 nitrogen and oxygen atoms in total. The van der Waals surface area contributed by atoms with Crippen molar-refractivity contribution in [3.8, 4) is 0 Å². The smallest absolute Gasteiger partial charge is 0.316 e. The summed E-state index contributed by atoms with van der Waals surface area (Å²) in [6.45, 7) is 3.51. The second-order valence-electron chi connectivity index (χ2n) is 5.76. The molecule has 3 rings (SSSR count). The highest BCUT2D eigenvalue weighted by Gasteiger charge is 2.12. The molecule has 0 atom stereocenters. The Morgan fingerprint density at radius 2 is 2.00 bits per heavy atom. The second kappa shape index (κ2) is 8.05. The lowest BCUT2D eigenvalue weighted by Crippen LogP contribution is -2.22. The Balaban J connectivity index is 1.46. The summed E-state index contributed by atoms with van der Waals surface area (Å²) in [5, 5.41) is 3.14. The number of hydrogen-bond donors (Lipinski definition) is 1. The summed E-state index contributed by atoms with van der Waals surface area (Å²) in [5.41, 5.74) is 4.10. The van der Waals surface area contributed by atoms with Gasteiger partial charge in [0.2, 0.25) is 0 Å². The third-order valence-electron chi connectivity index (χ3n) is 3.62. The second-order valence-corrected chi connectivity index (χ2v) is 6.69. The van der Waals surface area contributed by atoms with Gasteiger partial charge in [0, 0.05) is 5.69 Å². The van der Waals surface area contributed by atoms with E-state index in [0.29, 0.717) is 16.5 Å². The maximum absolute atomic E-state index is 11.9. The number of rotatable bonds is 6. The first-order valence-electron chi connectivity index (χ1n) is 8.02. The minimum absolute atomic E-state index is 0.0174. The van der Waals surface area contributed by atoms with Crippen molar-refractivity contribution in [1.29, 1.82) is 0 Å². The average molecular weight is 370 g/mol. The van der Waals surface area contributed by atoms with Crippen molar-refractivity contribution >= 4 is 40.4 Å². The summed E-state index contributed by atoms with van der Waals surface area (Å²) in [7, 11) is 0. The molecule has 0 fully saturated rings. The molecule has 0 aliphatic rings. The van der Waals surface area contributed by atoms with E-state index in [-0.39, 0.29) is 18.3 Å². The van der Waals surface area contributed by atoms with Crippen molar-refractivity contribution in [3.05, 3.63) is 53.6 Å². The van der Waals surface area contributed by atoms with Crippen LogP contribution in [-0.2, 0) is 14.3 Å². The van der Waals surface area contributed by atoms with E-state index in [0.717, 1.165) is 28.4 Å². The van der Waals surface area contributed by atoms with Crippen molar-refractivity contribution in [3.63, 3.8) is 0 Å². The minimum Gasteiger partial charge on any atom is -0.455 e. The van der Waals surface area contributed by atoms with Crippen molar-refractivity contribution < 1.29 is 18.7 Å². The van der Waals surface area contributed by atoms with E-state index in [9.17, 15) is 9.59 Å². The molecule has 0 bridgehead atoms. The van der Waals surface area contributed by atoms with Crippen LogP contribution < -0.4 is 5.32 Å². The predicted molar refractivity (Wildman–Crippen MR) is 100 cm³/mol. The van der Waals surface area contributed by atoms with Gasteiger partial charge < -0.3 is 14.5 Å². The third kappa shape index (κ3) is 4.64. The predicted octanol–water partition coefficient (Wildman–Crippen LogP) is 3.72. The Labute approximate surface area is 154 Å². The van der Waals surface area contributed by atoms with E-state index in [2.05, 4.69) is 10.3 Å². The van der Waals surface area contributed by atoms with Gasteiger partial charge in [0.1, 0.15) is 11.3 Å². The van der Waals surface area contributed by atoms with E-state index in [1.165, 1.54) is 0 Å². The van der Waals surface area contributed by atoms with Crippen LogP contribution in [0.5, 0.6) is 0 Å². The monoisotopic (exact) mass is 370 g/mol. The highest BCUT2D eigenvalue weighted by atomic mass is 32.2. The molecule has 0 unspecified atom stereocenters. The van der Waals surface area contributed by atoms with Gasteiger partial charge in [-0.25, -0.2) is 4.98 Å². The number of benzene rings is 2. The number of carbonyl (C=O) groups excluding carboxylic acids is 2. The van der Waals surface area contributed by atoms with Gasteiger partial charge in [-0.1, -0.05) is 36.0 Å². The van der Waals surface area contributed by atoms with Crippen LogP contribution in [0, 0.1) is 13.8 Å². The molecule has 0 radical (unpaired) electrons. The Kier molecular flexibility index (Phi) is 5.58. The summed E-state index contributed by atoms with van der Waals surface area (Å²) < 4.78 is 10.5. The molecule has 1 amide bonds. The van der Waals surface area contributed by atoms with E-state index < -0.39 is 5.97 Å². The Hall–Kier alpha value is -2.80. The molecular weight excluding hydrogens is 352 g/mol. The fourth-order valence-electron chi connectivity index (χ4n) is 2.28. The van der Waals surface area contributed by atoms with Crippen molar-refractivity contribution in [1.82, 2.24) is 4.98 Å². The molecule has 134 valence electrons. The fourth-order valence-corrected chi connectivity index (χ4v) is 2.91. The zero-order chi connectivity index (χ0) is 18.5. The maximum atomic E-state index is 11.9. The molecule has 0 saturated carbocycles. The van der Waals surface area contributed by atoms with Gasteiger partial charge in [-0.05, 0) is 43.2 Å². The standard InChI is InChI=1S/C19H18N2O4S/c1-12-7-8-13(2)15(9-12)20-17(22)10-24-18(23)11-26-19-21-14-5-3-4-6-16(14)25-19/h3-9H,10-11H2,1-2H3,(H,20,22). The number of nitrogens with one attached hydrogen (secondary N) is 1. The molecule has 3 aromatic rings. The van der Waals surface area contributed by atoms with Crippen molar-refractivity contribution in [2.45, 2.75) is 19.1 Å². The van der Waals surface area contributed by atoms with Gasteiger partial charge in [0.25, 0.3) is 11.1 Å². The number of thioether (sulfide) groups is 1. The molecule has 1 N–H and O–H groups in total. The molecule has 1 aromatic heterocycles. The fraction of sp³-hybridized carbons (Fsp3) is 0.211. The normalized spacial score (nSPS) is 10.7. The summed E-state index contributed by atoms with van der Waals surface area (Å²) in [5.74, 6) is -0.865. The number of oxazole rings is 1. The number of fused-ring (bicyclic) bond motifs is 1. The maximum Gasteiger partial charge on any atom is 0.316 e. The summed E-state index contributed by atoms with van der Waals surface area (Å²) in [6.07, 6.45) is 0. The number of carbonyl (C=O) groups is 2. The van der Waals surface area contributed by atoms with Crippen LogP contribution in [0.25, 0.3) is 11.1 Å². The van der Waals surface area contributed by atoms with Crippen LogP contribution in [0.3, 0.4) is 0 Å². The first kappa shape index (κ1) is 18.0. The van der Waals surface area contributed by atoms with Gasteiger partial charge in [-0.2, -0.15) is 0 Å². The highest BCUT2D eigenvalue weighted by Crippen LogP contribution is 2.23. The molecule has 26 heavy (non-hydrogen) atoms. The molecule has 7 heteroatoms. The molecule has 0 aliphatic heterocycles. The molecule has 0 spiro atoms. The SMILES string of the molecule is Cc1ccc(C)c(NC(=O)COC(=O)CSc2nc3ccccc3o2)c1. The Morgan fingerprint density at radius 1 is 1.19 bits per heavy atom. The van der Waals surface area contributed by atoms with Crippen LogP contribution in [0.15, 0.2) is 52.1 Å². The van der Waals surface area contributed by atoms with E-state index in [1.54, 1.807) is 0 Å². The number of amides is 1. The average Bonchev–Trinajstić information content (AvgIpc) is 3.04. The number of hydrogen-bond acceptors (Lipinski definition) is 6. The van der Waals surface area contributed by atoms with Crippen molar-refractivity contribution in [2.24, 2.45) is 0 Å². The molecular formula is C19H18N2O4S. The highest BCUT2D eigenvalue weighted by molar-refractivity contribution is 7.99. The van der Waals surface area contributed by atoms with Crippen LogP contribution in [0.1, 0.15) is 11.1 Å². The lowest BCUT2D eigenvalue weighted by molar-refractivity contribution is -0.144. The van der Waals surface area contributed by atoms with E-state index in [4.69, 9.17) is 9.15 Å². The quantitative estimate of drug-likeness (QED) is 0.526. The number of ether oxygens (including phenoxy) is 1. The zero-order valence-corrected chi connectivity index (χ0v) is 15.3. The molecule has 0 aliphatic carbocycles. The Morgan fingerprint density at radius 3 is 2.81 bits per heavy atom. The molecule has 0 saturated heterocycles. The van der Waals surface area contributed by atoms with E-state index in [1.807, 2.05) is 56.3 Å². The van der Waals surface area contributed by atoms with Gasteiger partial charge >= 0.3 is 5.97 Å². The van der Waals surface area contributed by atoms with Crippen LogP contribution in [-0.4, -0.2) is 29.2 Å². The first-order chi connectivity index (χ1) is 12.5. The molecule has 2 aromatic carbocycles.